The zero-order valence-corrected chi connectivity index (χ0v) is 20.3. The van der Waals surface area contributed by atoms with Crippen molar-refractivity contribution >= 4 is 18.5 Å². The average molecular weight is 453 g/mol. The molecule has 2 nitrogen and oxygen atoms in total. The topological polar surface area (TPSA) is 24.1 Å². The molecule has 0 aliphatic heterocycles. The predicted molar refractivity (Wildman–Crippen MR) is 144 cm³/mol. The van der Waals surface area contributed by atoms with Gasteiger partial charge in [0, 0.05) is 24.4 Å². The molecule has 3 heteroatoms. The van der Waals surface area contributed by atoms with Gasteiger partial charge in [-0.2, -0.15) is 0 Å². The van der Waals surface area contributed by atoms with E-state index in [1.54, 1.807) is 0 Å². The van der Waals surface area contributed by atoms with Crippen LogP contribution in [0.2, 0.25) is 0 Å². The quantitative estimate of drug-likeness (QED) is 0.282. The van der Waals surface area contributed by atoms with Crippen molar-refractivity contribution in [2.24, 2.45) is 0 Å². The maximum Gasteiger partial charge on any atom is 0.0482 e. The molecular formula is C30H33N2P. The lowest BCUT2D eigenvalue weighted by molar-refractivity contribution is 0.486. The standard InChI is InChI=1S/C30H33N2P/c1-24(26-15-7-3-8-16-26)31-23-30(32-25(2)27-17-9-4-10-18-27)33(28-19-11-5-12-20-28)29-21-13-6-14-22-29/h3-22,24-25,30-32H,23H2,1-2H3. The first-order valence-corrected chi connectivity index (χ1v) is 13.1. The summed E-state index contributed by atoms with van der Waals surface area (Å²) in [7, 11) is -0.610. The van der Waals surface area contributed by atoms with Crippen LogP contribution in [0.4, 0.5) is 0 Å². The number of benzene rings is 4. The molecule has 0 fully saturated rings. The van der Waals surface area contributed by atoms with Crippen LogP contribution in [-0.2, 0) is 0 Å². The van der Waals surface area contributed by atoms with Crippen LogP contribution in [-0.4, -0.2) is 12.3 Å². The van der Waals surface area contributed by atoms with E-state index in [0.717, 1.165) is 6.54 Å². The van der Waals surface area contributed by atoms with Crippen molar-refractivity contribution in [3.8, 4) is 0 Å². The fraction of sp³-hybridized carbons (Fsp3) is 0.200. The maximum absolute atomic E-state index is 4.00. The molecule has 0 aliphatic carbocycles. The van der Waals surface area contributed by atoms with Crippen LogP contribution in [0.5, 0.6) is 0 Å². The van der Waals surface area contributed by atoms with Crippen LogP contribution >= 0.6 is 7.92 Å². The van der Waals surface area contributed by atoms with E-state index < -0.39 is 7.92 Å². The molecular weight excluding hydrogens is 419 g/mol. The van der Waals surface area contributed by atoms with Gasteiger partial charge in [0.25, 0.3) is 0 Å². The summed E-state index contributed by atoms with van der Waals surface area (Å²) in [4.78, 5) is 0. The second-order valence-electron chi connectivity index (χ2n) is 8.40. The lowest BCUT2D eigenvalue weighted by Gasteiger charge is -2.33. The highest BCUT2D eigenvalue weighted by Crippen LogP contribution is 2.39. The summed E-state index contributed by atoms with van der Waals surface area (Å²) in [5.74, 6) is 0.270. The van der Waals surface area contributed by atoms with Gasteiger partial charge in [-0.25, -0.2) is 0 Å². The van der Waals surface area contributed by atoms with E-state index >= 15 is 0 Å². The molecule has 4 aromatic rings. The largest absolute Gasteiger partial charge is 0.308 e. The molecule has 3 atom stereocenters. The Kier molecular flexibility index (Phi) is 8.44. The minimum Gasteiger partial charge on any atom is -0.308 e. The van der Waals surface area contributed by atoms with Gasteiger partial charge >= 0.3 is 0 Å². The molecule has 0 aliphatic rings. The Morgan fingerprint density at radius 3 is 1.39 bits per heavy atom. The van der Waals surface area contributed by atoms with Gasteiger partial charge in [0.1, 0.15) is 0 Å². The van der Waals surface area contributed by atoms with Gasteiger partial charge in [-0.1, -0.05) is 121 Å². The zero-order chi connectivity index (χ0) is 22.9. The zero-order valence-electron chi connectivity index (χ0n) is 19.4. The van der Waals surface area contributed by atoms with Crippen molar-refractivity contribution in [2.45, 2.75) is 31.7 Å². The van der Waals surface area contributed by atoms with Crippen LogP contribution in [0.15, 0.2) is 121 Å². The van der Waals surface area contributed by atoms with Crippen LogP contribution in [0.3, 0.4) is 0 Å². The Hall–Kier alpha value is -2.77. The SMILES string of the molecule is CC(NCC(NC(C)c1ccccc1)P(c1ccccc1)c1ccccc1)c1ccccc1. The van der Waals surface area contributed by atoms with Crippen molar-refractivity contribution in [2.75, 3.05) is 6.54 Å². The summed E-state index contributed by atoms with van der Waals surface area (Å²) >= 11 is 0. The summed E-state index contributed by atoms with van der Waals surface area (Å²) in [6, 6.07) is 43.9. The Balaban J connectivity index is 1.64. The molecule has 0 spiro atoms. The normalized spacial score (nSPS) is 14.0. The van der Waals surface area contributed by atoms with Gasteiger partial charge in [-0.15, -0.1) is 0 Å². The van der Waals surface area contributed by atoms with Crippen LogP contribution in [0, 0.1) is 0 Å². The highest BCUT2D eigenvalue weighted by Gasteiger charge is 2.26. The Morgan fingerprint density at radius 2 is 0.939 bits per heavy atom. The van der Waals surface area contributed by atoms with Crippen molar-refractivity contribution in [1.29, 1.82) is 0 Å². The molecule has 33 heavy (non-hydrogen) atoms. The van der Waals surface area contributed by atoms with Gasteiger partial charge in [-0.3, -0.25) is 0 Å². The first-order chi connectivity index (χ1) is 16.2. The fourth-order valence-electron chi connectivity index (χ4n) is 4.19. The number of rotatable bonds is 10. The lowest BCUT2D eigenvalue weighted by Crippen LogP contribution is -2.43. The summed E-state index contributed by atoms with van der Waals surface area (Å²) < 4.78 is 0. The molecule has 168 valence electrons. The maximum atomic E-state index is 4.00. The number of nitrogens with one attached hydrogen (secondary N) is 2. The van der Waals surface area contributed by atoms with Crippen LogP contribution in [0.25, 0.3) is 0 Å². The average Bonchev–Trinajstić information content (AvgIpc) is 2.89. The van der Waals surface area contributed by atoms with Crippen molar-refractivity contribution in [1.82, 2.24) is 10.6 Å². The monoisotopic (exact) mass is 452 g/mol. The molecule has 0 saturated carbocycles. The van der Waals surface area contributed by atoms with Crippen molar-refractivity contribution < 1.29 is 0 Å². The minimum absolute atomic E-state index is 0.252. The third kappa shape index (κ3) is 6.39. The van der Waals surface area contributed by atoms with E-state index in [4.69, 9.17) is 0 Å². The lowest BCUT2D eigenvalue weighted by atomic mass is 10.1. The van der Waals surface area contributed by atoms with E-state index in [2.05, 4.69) is 146 Å². The third-order valence-corrected chi connectivity index (χ3v) is 8.70. The molecule has 0 radical (unpaired) electrons. The second-order valence-corrected chi connectivity index (χ2v) is 10.8. The van der Waals surface area contributed by atoms with Gasteiger partial charge in [-0.05, 0) is 43.5 Å². The third-order valence-electron chi connectivity index (χ3n) is 6.04. The molecule has 0 aromatic heterocycles. The first kappa shape index (κ1) is 23.4. The molecule has 0 saturated heterocycles. The van der Waals surface area contributed by atoms with E-state index in [-0.39, 0.29) is 17.9 Å². The highest BCUT2D eigenvalue weighted by molar-refractivity contribution is 7.73. The van der Waals surface area contributed by atoms with Gasteiger partial charge in [0.2, 0.25) is 0 Å². The van der Waals surface area contributed by atoms with E-state index in [1.165, 1.54) is 21.7 Å². The summed E-state index contributed by atoms with van der Waals surface area (Å²) in [6.45, 7) is 5.40. The summed E-state index contributed by atoms with van der Waals surface area (Å²) in [6.07, 6.45) is 0. The van der Waals surface area contributed by atoms with Crippen molar-refractivity contribution in [3.63, 3.8) is 0 Å². The Morgan fingerprint density at radius 1 is 0.545 bits per heavy atom. The summed E-state index contributed by atoms with van der Waals surface area (Å²) in [5.41, 5.74) is 2.63. The minimum atomic E-state index is -0.610. The Labute approximate surface area is 199 Å². The fourth-order valence-corrected chi connectivity index (χ4v) is 6.85. The van der Waals surface area contributed by atoms with Gasteiger partial charge in [0.15, 0.2) is 0 Å². The predicted octanol–water partition coefficient (Wildman–Crippen LogP) is 6.15. The molecule has 2 N–H and O–H groups in total. The number of hydrogen-bond donors (Lipinski definition) is 2. The first-order valence-electron chi connectivity index (χ1n) is 11.7. The Bertz CT molecular complexity index is 1030. The van der Waals surface area contributed by atoms with Crippen LogP contribution < -0.4 is 21.2 Å². The second kappa shape index (κ2) is 11.9. The van der Waals surface area contributed by atoms with Crippen molar-refractivity contribution in [3.05, 3.63) is 132 Å². The van der Waals surface area contributed by atoms with Crippen LogP contribution in [0.1, 0.15) is 37.1 Å². The molecule has 3 unspecified atom stereocenters. The molecule has 0 amide bonds. The number of hydrogen-bond acceptors (Lipinski definition) is 2. The smallest absolute Gasteiger partial charge is 0.0482 e. The highest BCUT2D eigenvalue weighted by atomic mass is 31.1. The molecule has 0 heterocycles. The molecule has 0 bridgehead atoms. The molecule has 4 aromatic carbocycles. The summed E-state index contributed by atoms with van der Waals surface area (Å²) in [5, 5.41) is 10.6. The molecule has 4 rings (SSSR count). The van der Waals surface area contributed by atoms with E-state index in [0.29, 0.717) is 0 Å². The van der Waals surface area contributed by atoms with Gasteiger partial charge < -0.3 is 10.6 Å². The van der Waals surface area contributed by atoms with E-state index in [9.17, 15) is 0 Å². The van der Waals surface area contributed by atoms with Gasteiger partial charge in [0.05, 0.1) is 0 Å². The van der Waals surface area contributed by atoms with E-state index in [1.807, 2.05) is 0 Å².